The van der Waals surface area contributed by atoms with Gasteiger partial charge in [0, 0.05) is 32.6 Å². The zero-order valence-electron chi connectivity index (χ0n) is 19.1. The zero-order chi connectivity index (χ0) is 23.8. The molecule has 2 aromatic rings. The van der Waals surface area contributed by atoms with E-state index in [0.29, 0.717) is 55.5 Å². The number of nitrogens with zero attached hydrogens (tertiary/aromatic N) is 2. The van der Waals surface area contributed by atoms with Gasteiger partial charge in [-0.1, -0.05) is 12.1 Å². The predicted molar refractivity (Wildman–Crippen MR) is 121 cm³/mol. The molecule has 0 saturated carbocycles. The Morgan fingerprint density at radius 1 is 0.939 bits per heavy atom. The summed E-state index contributed by atoms with van der Waals surface area (Å²) in [4.78, 5) is 28.1. The van der Waals surface area contributed by atoms with Gasteiger partial charge in [0.1, 0.15) is 5.82 Å². The molecule has 8 nitrogen and oxygen atoms in total. The van der Waals surface area contributed by atoms with Crippen molar-refractivity contribution >= 4 is 17.6 Å². The van der Waals surface area contributed by atoms with E-state index >= 15 is 0 Å². The summed E-state index contributed by atoms with van der Waals surface area (Å²) in [6.07, 6.45) is 0.498. The minimum Gasteiger partial charge on any atom is -0.493 e. The van der Waals surface area contributed by atoms with Gasteiger partial charge in [-0.05, 0) is 36.2 Å². The normalized spacial score (nSPS) is 13.5. The number of aryl methyl sites for hydroxylation is 1. The van der Waals surface area contributed by atoms with E-state index < -0.39 is 5.97 Å². The highest BCUT2D eigenvalue weighted by Gasteiger charge is 2.23. The molecule has 2 aromatic carbocycles. The number of carbonyl (C=O) groups excluding carboxylic acids is 2. The maximum Gasteiger partial charge on any atom is 0.306 e. The molecule has 1 amide bonds. The van der Waals surface area contributed by atoms with Gasteiger partial charge in [0.2, 0.25) is 5.75 Å². The van der Waals surface area contributed by atoms with Crippen LogP contribution in [0.2, 0.25) is 0 Å². The molecule has 1 fully saturated rings. The number of methoxy groups -OCH3 is 3. The van der Waals surface area contributed by atoms with Gasteiger partial charge in [-0.2, -0.15) is 0 Å². The van der Waals surface area contributed by atoms with Crippen LogP contribution in [-0.4, -0.2) is 70.9 Å². The van der Waals surface area contributed by atoms with Gasteiger partial charge in [-0.3, -0.25) is 9.59 Å². The number of hydrogen-bond acceptors (Lipinski definition) is 7. The van der Waals surface area contributed by atoms with Crippen LogP contribution in [0.3, 0.4) is 0 Å². The van der Waals surface area contributed by atoms with Gasteiger partial charge in [0.25, 0.3) is 5.91 Å². The third kappa shape index (κ3) is 6.06. The highest BCUT2D eigenvalue weighted by atomic mass is 19.1. The largest absolute Gasteiger partial charge is 0.493 e. The van der Waals surface area contributed by atoms with Crippen molar-refractivity contribution < 1.29 is 32.9 Å². The van der Waals surface area contributed by atoms with Crippen LogP contribution >= 0.6 is 0 Å². The summed E-state index contributed by atoms with van der Waals surface area (Å²) in [5.41, 5.74) is 1.35. The van der Waals surface area contributed by atoms with Crippen molar-refractivity contribution in [1.29, 1.82) is 0 Å². The second-order valence-electron chi connectivity index (χ2n) is 7.51. The first-order valence-corrected chi connectivity index (χ1v) is 10.7. The number of amides is 1. The van der Waals surface area contributed by atoms with Crippen molar-refractivity contribution in [2.45, 2.75) is 12.8 Å². The number of hydrogen-bond donors (Lipinski definition) is 0. The molecule has 0 aromatic heterocycles. The van der Waals surface area contributed by atoms with Gasteiger partial charge < -0.3 is 28.7 Å². The highest BCUT2D eigenvalue weighted by Crippen LogP contribution is 2.38. The van der Waals surface area contributed by atoms with E-state index in [1.807, 2.05) is 4.90 Å². The van der Waals surface area contributed by atoms with Crippen LogP contribution in [-0.2, 0) is 20.7 Å². The van der Waals surface area contributed by atoms with Crippen molar-refractivity contribution in [3.8, 4) is 17.2 Å². The van der Waals surface area contributed by atoms with Crippen molar-refractivity contribution in [2.24, 2.45) is 0 Å². The van der Waals surface area contributed by atoms with E-state index in [4.69, 9.17) is 18.9 Å². The second kappa shape index (κ2) is 11.4. The number of carbonyl (C=O) groups is 2. The van der Waals surface area contributed by atoms with Crippen LogP contribution < -0.4 is 19.1 Å². The molecule has 1 aliphatic heterocycles. The molecular formula is C24H29FN2O6. The fourth-order valence-corrected chi connectivity index (χ4v) is 3.74. The summed E-state index contributed by atoms with van der Waals surface area (Å²) in [6, 6.07) is 10.1. The van der Waals surface area contributed by atoms with Gasteiger partial charge in [0.05, 0.1) is 27.0 Å². The molecule has 0 atom stereocenters. The number of rotatable bonds is 9. The Bertz CT molecular complexity index is 950. The molecule has 0 N–H and O–H groups in total. The van der Waals surface area contributed by atoms with Gasteiger partial charge >= 0.3 is 5.97 Å². The number of esters is 1. The molecule has 1 saturated heterocycles. The fourth-order valence-electron chi connectivity index (χ4n) is 3.74. The first kappa shape index (κ1) is 24.2. The Labute approximate surface area is 192 Å². The van der Waals surface area contributed by atoms with E-state index in [9.17, 15) is 14.0 Å². The molecule has 0 spiro atoms. The average Bonchev–Trinajstić information content (AvgIpc) is 2.85. The lowest BCUT2D eigenvalue weighted by Crippen LogP contribution is -2.50. The van der Waals surface area contributed by atoms with Gasteiger partial charge in [-0.15, -0.1) is 0 Å². The minimum absolute atomic E-state index is 0.104. The van der Waals surface area contributed by atoms with Crippen LogP contribution in [0.25, 0.3) is 0 Å². The maximum absolute atomic E-state index is 14.0. The van der Waals surface area contributed by atoms with Crippen LogP contribution in [0.1, 0.15) is 12.0 Å². The summed E-state index contributed by atoms with van der Waals surface area (Å²) in [7, 11) is 4.57. The molecule has 1 aliphatic rings. The molecule has 0 aliphatic carbocycles. The molecule has 0 radical (unpaired) electrons. The highest BCUT2D eigenvalue weighted by molar-refractivity contribution is 5.81. The summed E-state index contributed by atoms with van der Waals surface area (Å²) < 4.78 is 35.1. The smallest absolute Gasteiger partial charge is 0.306 e. The van der Waals surface area contributed by atoms with Crippen molar-refractivity contribution in [2.75, 3.05) is 59.0 Å². The van der Waals surface area contributed by atoms with Gasteiger partial charge in [0.15, 0.2) is 18.1 Å². The molecule has 3 rings (SSSR count). The standard InChI is InChI=1S/C24H29FN2O6/c1-30-20-14-17(15-21(31-2)24(20)32-3)8-9-23(29)33-16-22(28)27-12-10-26(11-13-27)19-7-5-4-6-18(19)25/h4-7,14-15H,8-13,16H2,1-3H3. The lowest BCUT2D eigenvalue weighted by atomic mass is 10.1. The number of halogens is 1. The monoisotopic (exact) mass is 460 g/mol. The Morgan fingerprint density at radius 3 is 2.15 bits per heavy atom. The molecule has 1 heterocycles. The molecular weight excluding hydrogens is 431 g/mol. The Kier molecular flexibility index (Phi) is 8.34. The Balaban J connectivity index is 1.45. The van der Waals surface area contributed by atoms with E-state index in [2.05, 4.69) is 0 Å². The summed E-state index contributed by atoms with van der Waals surface area (Å²) in [5.74, 6) is 0.478. The quantitative estimate of drug-likeness (QED) is 0.533. The minimum atomic E-state index is -0.470. The van der Waals surface area contributed by atoms with Crippen LogP contribution in [0.5, 0.6) is 17.2 Å². The number of benzene rings is 2. The van der Waals surface area contributed by atoms with E-state index in [0.717, 1.165) is 5.56 Å². The second-order valence-corrected chi connectivity index (χ2v) is 7.51. The van der Waals surface area contributed by atoms with Crippen LogP contribution in [0.4, 0.5) is 10.1 Å². The Hall–Kier alpha value is -3.49. The van der Waals surface area contributed by atoms with E-state index in [1.165, 1.54) is 27.4 Å². The lowest BCUT2D eigenvalue weighted by molar-refractivity contribution is -0.152. The topological polar surface area (TPSA) is 77.5 Å². The zero-order valence-corrected chi connectivity index (χ0v) is 19.1. The summed E-state index contributed by atoms with van der Waals surface area (Å²) in [5, 5.41) is 0. The third-order valence-corrected chi connectivity index (χ3v) is 5.52. The SMILES string of the molecule is COc1cc(CCC(=O)OCC(=O)N2CCN(c3ccccc3F)CC2)cc(OC)c1OC. The first-order valence-electron chi connectivity index (χ1n) is 10.7. The molecule has 33 heavy (non-hydrogen) atoms. The number of piperazine rings is 1. The molecule has 178 valence electrons. The van der Waals surface area contributed by atoms with Crippen LogP contribution in [0, 0.1) is 5.82 Å². The van der Waals surface area contributed by atoms with E-state index in [-0.39, 0.29) is 24.8 Å². The van der Waals surface area contributed by atoms with Crippen molar-refractivity contribution in [3.63, 3.8) is 0 Å². The average molecular weight is 461 g/mol. The van der Waals surface area contributed by atoms with Gasteiger partial charge in [-0.25, -0.2) is 4.39 Å². The predicted octanol–water partition coefficient (Wildman–Crippen LogP) is 2.68. The van der Waals surface area contributed by atoms with Crippen LogP contribution in [0.15, 0.2) is 36.4 Å². The molecule has 0 bridgehead atoms. The Morgan fingerprint density at radius 2 is 1.58 bits per heavy atom. The number of para-hydroxylation sites is 1. The maximum atomic E-state index is 14.0. The number of anilines is 1. The van der Waals surface area contributed by atoms with E-state index in [1.54, 1.807) is 35.2 Å². The molecule has 0 unspecified atom stereocenters. The fraction of sp³-hybridized carbons (Fsp3) is 0.417. The molecule has 9 heteroatoms. The summed E-state index contributed by atoms with van der Waals surface area (Å²) in [6.45, 7) is 1.60. The number of ether oxygens (including phenoxy) is 4. The third-order valence-electron chi connectivity index (χ3n) is 5.52. The van der Waals surface area contributed by atoms with Crippen molar-refractivity contribution in [3.05, 3.63) is 47.8 Å². The van der Waals surface area contributed by atoms with Crippen molar-refractivity contribution in [1.82, 2.24) is 4.90 Å². The summed E-state index contributed by atoms with van der Waals surface area (Å²) >= 11 is 0. The first-order chi connectivity index (χ1) is 16.0. The lowest BCUT2D eigenvalue weighted by Gasteiger charge is -2.36.